The number of H-pyrrole nitrogens is 1. The van der Waals surface area contributed by atoms with Gasteiger partial charge in [0.05, 0.1) is 6.04 Å². The van der Waals surface area contributed by atoms with Crippen molar-refractivity contribution in [1.82, 2.24) is 15.0 Å². The van der Waals surface area contributed by atoms with Crippen molar-refractivity contribution in [3.8, 4) is 0 Å². The Kier molecular flexibility index (Phi) is 6.10. The van der Waals surface area contributed by atoms with Gasteiger partial charge in [0.15, 0.2) is 27.1 Å². The number of halogens is 2. The van der Waals surface area contributed by atoms with E-state index < -0.39 is 23.9 Å². The summed E-state index contributed by atoms with van der Waals surface area (Å²) in [7, 11) is 1.15. The Morgan fingerprint density at radius 2 is 2.10 bits per heavy atom. The summed E-state index contributed by atoms with van der Waals surface area (Å²) in [5.41, 5.74) is 0.365. The van der Waals surface area contributed by atoms with E-state index in [1.807, 2.05) is 35.2 Å². The first-order valence-corrected chi connectivity index (χ1v) is 10.8. The van der Waals surface area contributed by atoms with Gasteiger partial charge in [0, 0.05) is 20.1 Å². The molecule has 1 N–H and O–H groups in total. The maximum Gasteiger partial charge on any atom is 0.327 e. The number of aryl methyl sites for hydroxylation is 1. The number of thiazole rings is 1. The van der Waals surface area contributed by atoms with Crippen LogP contribution >= 0.6 is 11.3 Å². The molecule has 7 nitrogen and oxygen atoms in total. The molecule has 0 amide bonds. The summed E-state index contributed by atoms with van der Waals surface area (Å²) < 4.78 is 32.8. The molecule has 0 bridgehead atoms. The number of hydrogen-bond donors (Lipinski definition) is 1. The van der Waals surface area contributed by atoms with Crippen LogP contribution in [0.4, 0.5) is 13.9 Å². The molecule has 1 aliphatic rings. The number of benzene rings is 1. The standard InChI is InChI=1S/C21H22F2N4O3S/c1-30-12-21(22,23)19-25-17(29)16-18(26-19)31-20(24-16)27-11-5-8-14(27)15(28)10-9-13-6-3-2-4-7-13/h2-4,6-7,14H,5,8-12H2,1H3,(H,25,26,29)/t14-/m1/s1. The first-order chi connectivity index (χ1) is 14.9. The van der Waals surface area contributed by atoms with Crippen molar-refractivity contribution in [2.45, 2.75) is 37.6 Å². The first kappa shape index (κ1) is 21.5. The number of fused-ring (bicyclic) bond motifs is 1. The molecule has 0 aliphatic carbocycles. The predicted molar refractivity (Wildman–Crippen MR) is 114 cm³/mol. The number of anilines is 1. The van der Waals surface area contributed by atoms with E-state index in [-0.39, 0.29) is 22.2 Å². The van der Waals surface area contributed by atoms with E-state index in [0.29, 0.717) is 30.9 Å². The normalized spacial score (nSPS) is 16.9. The summed E-state index contributed by atoms with van der Waals surface area (Å²) in [6.45, 7) is -0.274. The Morgan fingerprint density at radius 1 is 1.32 bits per heavy atom. The molecule has 1 fully saturated rings. The zero-order valence-electron chi connectivity index (χ0n) is 16.9. The number of carbonyl (C=O) groups is 1. The van der Waals surface area contributed by atoms with Crippen molar-refractivity contribution in [3.63, 3.8) is 0 Å². The fourth-order valence-electron chi connectivity index (χ4n) is 3.78. The van der Waals surface area contributed by atoms with Crippen LogP contribution in [0.15, 0.2) is 35.1 Å². The van der Waals surface area contributed by atoms with Gasteiger partial charge >= 0.3 is 5.92 Å². The molecule has 3 aromatic rings. The van der Waals surface area contributed by atoms with Crippen LogP contribution in [-0.4, -0.2) is 47.0 Å². The number of ether oxygens (including phenoxy) is 1. The third-order valence-corrected chi connectivity index (χ3v) is 6.29. The molecule has 2 aromatic heterocycles. The Morgan fingerprint density at radius 3 is 2.84 bits per heavy atom. The summed E-state index contributed by atoms with van der Waals surface area (Å²) in [4.78, 5) is 37.6. The number of aromatic nitrogens is 3. The second-order valence-electron chi connectivity index (χ2n) is 7.51. The average Bonchev–Trinajstić information content (AvgIpc) is 3.40. The molecule has 1 saturated heterocycles. The van der Waals surface area contributed by atoms with Crippen LogP contribution in [0.25, 0.3) is 10.3 Å². The third-order valence-electron chi connectivity index (χ3n) is 5.30. The second kappa shape index (κ2) is 8.80. The van der Waals surface area contributed by atoms with Gasteiger partial charge in [-0.1, -0.05) is 41.7 Å². The number of nitrogens with one attached hydrogen (secondary N) is 1. The van der Waals surface area contributed by atoms with Gasteiger partial charge in [-0.25, -0.2) is 9.97 Å². The van der Waals surface area contributed by atoms with Crippen LogP contribution < -0.4 is 10.5 Å². The molecule has 31 heavy (non-hydrogen) atoms. The van der Waals surface area contributed by atoms with E-state index in [1.54, 1.807) is 0 Å². The van der Waals surface area contributed by atoms with Gasteiger partial charge in [0.2, 0.25) is 0 Å². The number of Topliss-reactive ketones (excluding diaryl/α,β-unsaturated/α-hetero) is 1. The van der Waals surface area contributed by atoms with Gasteiger partial charge in [-0.15, -0.1) is 0 Å². The first-order valence-electron chi connectivity index (χ1n) is 10.0. The summed E-state index contributed by atoms with van der Waals surface area (Å²) in [5.74, 6) is -4.07. The van der Waals surface area contributed by atoms with E-state index in [4.69, 9.17) is 0 Å². The SMILES string of the molecule is COCC(F)(F)c1nc2sc(N3CCC[C@@H]3C(=O)CCc3ccccc3)nc2c(=O)[nH]1. The van der Waals surface area contributed by atoms with Gasteiger partial charge in [0.1, 0.15) is 6.61 Å². The smallest absolute Gasteiger partial charge is 0.327 e. The van der Waals surface area contributed by atoms with E-state index in [1.165, 1.54) is 0 Å². The topological polar surface area (TPSA) is 88.2 Å². The van der Waals surface area contributed by atoms with Crippen molar-refractivity contribution in [2.75, 3.05) is 25.2 Å². The highest BCUT2D eigenvalue weighted by Crippen LogP contribution is 2.33. The number of aromatic amines is 1. The molecular weight excluding hydrogens is 426 g/mol. The quantitative estimate of drug-likeness (QED) is 0.569. The minimum Gasteiger partial charge on any atom is -0.378 e. The number of carbonyl (C=O) groups excluding carboxylic acids is 1. The van der Waals surface area contributed by atoms with Crippen molar-refractivity contribution in [1.29, 1.82) is 0 Å². The van der Waals surface area contributed by atoms with E-state index >= 15 is 0 Å². The van der Waals surface area contributed by atoms with Crippen molar-refractivity contribution in [2.24, 2.45) is 0 Å². The molecule has 10 heteroatoms. The van der Waals surface area contributed by atoms with E-state index in [0.717, 1.165) is 30.4 Å². The number of rotatable bonds is 8. The van der Waals surface area contributed by atoms with Crippen molar-refractivity contribution >= 4 is 32.6 Å². The maximum atomic E-state index is 14.1. The minimum absolute atomic E-state index is 0.000601. The summed E-state index contributed by atoms with van der Waals surface area (Å²) in [6.07, 6.45) is 2.58. The third kappa shape index (κ3) is 4.49. The second-order valence-corrected chi connectivity index (χ2v) is 8.46. The fourth-order valence-corrected chi connectivity index (χ4v) is 4.79. The molecule has 4 rings (SSSR count). The number of hydrogen-bond acceptors (Lipinski definition) is 7. The molecule has 0 radical (unpaired) electrons. The zero-order chi connectivity index (χ0) is 22.0. The lowest BCUT2D eigenvalue weighted by Crippen LogP contribution is -2.36. The largest absolute Gasteiger partial charge is 0.378 e. The van der Waals surface area contributed by atoms with E-state index in [2.05, 4.69) is 19.7 Å². The molecule has 1 aliphatic heterocycles. The molecule has 0 spiro atoms. The summed E-state index contributed by atoms with van der Waals surface area (Å²) in [6, 6.07) is 9.46. The lowest BCUT2D eigenvalue weighted by atomic mass is 10.0. The van der Waals surface area contributed by atoms with Gasteiger partial charge in [-0.2, -0.15) is 8.78 Å². The van der Waals surface area contributed by atoms with Crippen LogP contribution in [0.3, 0.4) is 0 Å². The van der Waals surface area contributed by atoms with Crippen LogP contribution in [0.1, 0.15) is 30.7 Å². The Labute approximate surface area is 181 Å². The number of nitrogens with zero attached hydrogens (tertiary/aromatic N) is 3. The Balaban J connectivity index is 1.56. The average molecular weight is 448 g/mol. The predicted octanol–water partition coefficient (Wildman–Crippen LogP) is 3.29. The molecule has 1 atom stereocenters. The van der Waals surface area contributed by atoms with Gasteiger partial charge in [0.25, 0.3) is 5.56 Å². The van der Waals surface area contributed by atoms with Crippen molar-refractivity contribution in [3.05, 3.63) is 52.1 Å². The molecule has 0 saturated carbocycles. The summed E-state index contributed by atoms with van der Waals surface area (Å²) >= 11 is 1.05. The molecule has 0 unspecified atom stereocenters. The number of methoxy groups -OCH3 is 1. The van der Waals surface area contributed by atoms with Crippen molar-refractivity contribution < 1.29 is 18.3 Å². The highest BCUT2D eigenvalue weighted by atomic mass is 32.1. The van der Waals surface area contributed by atoms with Gasteiger partial charge in [-0.3, -0.25) is 9.59 Å². The van der Waals surface area contributed by atoms with Gasteiger partial charge in [-0.05, 0) is 24.8 Å². The maximum absolute atomic E-state index is 14.1. The molecule has 3 heterocycles. The molecular formula is C21H22F2N4O3S. The summed E-state index contributed by atoms with van der Waals surface area (Å²) in [5, 5.41) is 0.454. The molecule has 1 aromatic carbocycles. The fraction of sp³-hybridized carbons (Fsp3) is 0.429. The highest BCUT2D eigenvalue weighted by Gasteiger charge is 2.36. The monoisotopic (exact) mass is 448 g/mol. The zero-order valence-corrected chi connectivity index (χ0v) is 17.8. The highest BCUT2D eigenvalue weighted by molar-refractivity contribution is 7.21. The van der Waals surface area contributed by atoms with Crippen LogP contribution in [0, 0.1) is 0 Å². The Bertz CT molecular complexity index is 1130. The lowest BCUT2D eigenvalue weighted by molar-refractivity contribution is -0.120. The van der Waals surface area contributed by atoms with Crippen LogP contribution in [0.2, 0.25) is 0 Å². The van der Waals surface area contributed by atoms with Gasteiger partial charge < -0.3 is 14.6 Å². The number of ketones is 1. The number of alkyl halides is 2. The Hall–Kier alpha value is -2.72. The van der Waals surface area contributed by atoms with Crippen LogP contribution in [0.5, 0.6) is 0 Å². The van der Waals surface area contributed by atoms with E-state index in [9.17, 15) is 18.4 Å². The van der Waals surface area contributed by atoms with Crippen LogP contribution in [-0.2, 0) is 21.9 Å². The molecule has 164 valence electrons. The lowest BCUT2D eigenvalue weighted by Gasteiger charge is -2.22. The minimum atomic E-state index is -3.42.